The number of hydrogen-bond donors (Lipinski definition) is 0. The van der Waals surface area contributed by atoms with Gasteiger partial charge < -0.3 is 9.64 Å². The Labute approximate surface area is 138 Å². The average Bonchev–Trinajstić information content (AvgIpc) is 2.56. The molecule has 3 heteroatoms. The maximum Gasteiger partial charge on any atom is 0.309 e. The molecule has 0 spiro atoms. The Bertz CT molecular complexity index is 540. The number of rotatable bonds is 8. The van der Waals surface area contributed by atoms with Crippen molar-refractivity contribution < 1.29 is 9.53 Å². The zero-order valence-electron chi connectivity index (χ0n) is 13.9. The van der Waals surface area contributed by atoms with Gasteiger partial charge in [-0.25, -0.2) is 0 Å². The van der Waals surface area contributed by atoms with Gasteiger partial charge in [0.05, 0.1) is 5.92 Å². The quantitative estimate of drug-likeness (QED) is 0.701. The lowest BCUT2D eigenvalue weighted by atomic mass is 9.92. The zero-order chi connectivity index (χ0) is 16.5. The van der Waals surface area contributed by atoms with Crippen molar-refractivity contribution in [3.05, 3.63) is 71.8 Å². The van der Waals surface area contributed by atoms with Crippen molar-refractivity contribution in [3.8, 4) is 0 Å². The van der Waals surface area contributed by atoms with Gasteiger partial charge in [-0.2, -0.15) is 0 Å². The van der Waals surface area contributed by atoms with Crippen LogP contribution in [-0.4, -0.2) is 38.1 Å². The minimum atomic E-state index is -0.151. The molecular formula is C20H25NO2. The van der Waals surface area contributed by atoms with E-state index in [-0.39, 0.29) is 11.9 Å². The van der Waals surface area contributed by atoms with Crippen LogP contribution in [0.3, 0.4) is 0 Å². The largest absolute Gasteiger partial charge is 0.464 e. The lowest BCUT2D eigenvalue weighted by molar-refractivity contribution is -0.148. The number of benzene rings is 2. The first-order chi connectivity index (χ1) is 11.1. The number of esters is 1. The van der Waals surface area contributed by atoms with Crippen LogP contribution < -0.4 is 0 Å². The van der Waals surface area contributed by atoms with Gasteiger partial charge in [0.15, 0.2) is 0 Å². The summed E-state index contributed by atoms with van der Waals surface area (Å²) in [5.74, 6) is -0.262. The zero-order valence-corrected chi connectivity index (χ0v) is 13.9. The number of ether oxygens (including phenoxy) is 1. The first kappa shape index (κ1) is 17.2. The highest BCUT2D eigenvalue weighted by Crippen LogP contribution is 2.16. The topological polar surface area (TPSA) is 29.5 Å². The molecule has 122 valence electrons. The highest BCUT2D eigenvalue weighted by molar-refractivity contribution is 5.73. The Balaban J connectivity index is 2.02. The van der Waals surface area contributed by atoms with Crippen LogP contribution in [-0.2, 0) is 22.4 Å². The number of carbonyl (C=O) groups excluding carboxylic acids is 1. The highest BCUT2D eigenvalue weighted by atomic mass is 16.5. The lowest BCUT2D eigenvalue weighted by Crippen LogP contribution is -2.26. The van der Waals surface area contributed by atoms with Crippen LogP contribution in [0.2, 0.25) is 0 Å². The summed E-state index contributed by atoms with van der Waals surface area (Å²) in [5, 5.41) is 0. The van der Waals surface area contributed by atoms with E-state index >= 15 is 0 Å². The maximum atomic E-state index is 12.5. The normalized spacial score (nSPS) is 11.0. The molecule has 2 aromatic carbocycles. The van der Waals surface area contributed by atoms with E-state index in [0.717, 1.165) is 17.7 Å². The number of hydrogen-bond acceptors (Lipinski definition) is 3. The van der Waals surface area contributed by atoms with E-state index in [0.29, 0.717) is 19.4 Å². The molecule has 0 atom stereocenters. The Morgan fingerprint density at radius 3 is 1.83 bits per heavy atom. The van der Waals surface area contributed by atoms with Gasteiger partial charge in [0, 0.05) is 6.54 Å². The van der Waals surface area contributed by atoms with Gasteiger partial charge in [-0.15, -0.1) is 0 Å². The number of carbonyl (C=O) groups is 1. The van der Waals surface area contributed by atoms with Crippen molar-refractivity contribution in [3.63, 3.8) is 0 Å². The fourth-order valence-corrected chi connectivity index (χ4v) is 2.48. The van der Waals surface area contributed by atoms with Gasteiger partial charge in [-0.05, 0) is 38.1 Å². The summed E-state index contributed by atoms with van der Waals surface area (Å²) in [5.41, 5.74) is 2.33. The predicted octanol–water partition coefficient (Wildman–Crippen LogP) is 3.19. The molecule has 2 aromatic rings. The lowest BCUT2D eigenvalue weighted by Gasteiger charge is -2.17. The molecule has 0 bridgehead atoms. The van der Waals surface area contributed by atoms with E-state index < -0.39 is 0 Å². The summed E-state index contributed by atoms with van der Waals surface area (Å²) in [6.07, 6.45) is 1.41. The molecule has 0 unspecified atom stereocenters. The number of nitrogens with zero attached hydrogens (tertiary/aromatic N) is 1. The van der Waals surface area contributed by atoms with Crippen molar-refractivity contribution in [2.45, 2.75) is 12.8 Å². The molecule has 0 heterocycles. The average molecular weight is 311 g/mol. The summed E-state index contributed by atoms with van der Waals surface area (Å²) in [6, 6.07) is 20.2. The second-order valence-corrected chi connectivity index (χ2v) is 6.05. The minimum absolute atomic E-state index is 0.112. The predicted molar refractivity (Wildman–Crippen MR) is 93.3 cm³/mol. The van der Waals surface area contributed by atoms with E-state index in [1.54, 1.807) is 0 Å². The summed E-state index contributed by atoms with van der Waals surface area (Å²) in [6.45, 7) is 1.18. The molecule has 0 saturated carbocycles. The molecule has 0 aliphatic heterocycles. The Hall–Kier alpha value is -2.13. The Morgan fingerprint density at radius 1 is 0.913 bits per heavy atom. The molecule has 0 radical (unpaired) electrons. The van der Waals surface area contributed by atoms with Crippen LogP contribution in [0.15, 0.2) is 60.7 Å². The molecule has 0 saturated heterocycles. The van der Waals surface area contributed by atoms with Crippen molar-refractivity contribution in [1.29, 1.82) is 0 Å². The molecular weight excluding hydrogens is 286 g/mol. The molecule has 23 heavy (non-hydrogen) atoms. The van der Waals surface area contributed by atoms with E-state index in [1.807, 2.05) is 55.4 Å². The fraction of sp³-hybridized carbons (Fsp3) is 0.350. The summed E-state index contributed by atoms with van der Waals surface area (Å²) < 4.78 is 5.48. The summed E-state index contributed by atoms with van der Waals surface area (Å²) >= 11 is 0. The maximum absolute atomic E-state index is 12.5. The molecule has 0 amide bonds. The molecule has 3 nitrogen and oxygen atoms in total. The smallest absolute Gasteiger partial charge is 0.309 e. The third-order valence-electron chi connectivity index (χ3n) is 3.77. The van der Waals surface area contributed by atoms with E-state index in [9.17, 15) is 4.79 Å². The van der Waals surface area contributed by atoms with Gasteiger partial charge in [0.2, 0.25) is 0 Å². The third-order valence-corrected chi connectivity index (χ3v) is 3.77. The Kier molecular flexibility index (Phi) is 6.82. The number of likely N-dealkylation sites (N-methyl/N-ethyl adjacent to an activating group) is 1. The third kappa shape index (κ3) is 6.25. The van der Waals surface area contributed by atoms with E-state index in [1.165, 1.54) is 0 Å². The first-order valence-electron chi connectivity index (χ1n) is 8.04. The van der Waals surface area contributed by atoms with Crippen molar-refractivity contribution in [2.75, 3.05) is 27.2 Å². The van der Waals surface area contributed by atoms with Gasteiger partial charge in [-0.1, -0.05) is 60.7 Å². The van der Waals surface area contributed by atoms with Gasteiger partial charge >= 0.3 is 5.97 Å². The monoisotopic (exact) mass is 311 g/mol. The van der Waals surface area contributed by atoms with Crippen LogP contribution in [0.25, 0.3) is 0 Å². The molecule has 2 rings (SSSR count). The van der Waals surface area contributed by atoms with E-state index in [2.05, 4.69) is 24.3 Å². The first-order valence-corrected chi connectivity index (χ1v) is 8.04. The Morgan fingerprint density at radius 2 is 1.39 bits per heavy atom. The van der Waals surface area contributed by atoms with E-state index in [4.69, 9.17) is 4.74 Å². The SMILES string of the molecule is CN(C)CCOC(=O)C(Cc1ccccc1)Cc1ccccc1. The van der Waals surface area contributed by atoms with Gasteiger partial charge in [0.25, 0.3) is 0 Å². The fourth-order valence-electron chi connectivity index (χ4n) is 2.48. The van der Waals surface area contributed by atoms with Crippen molar-refractivity contribution >= 4 is 5.97 Å². The standard InChI is InChI=1S/C20H25NO2/c1-21(2)13-14-23-20(22)19(15-17-9-5-3-6-10-17)16-18-11-7-4-8-12-18/h3-12,19H,13-16H2,1-2H3. The van der Waals surface area contributed by atoms with Crippen LogP contribution in [0.5, 0.6) is 0 Å². The van der Waals surface area contributed by atoms with Crippen LogP contribution in [0.1, 0.15) is 11.1 Å². The van der Waals surface area contributed by atoms with Crippen molar-refractivity contribution in [2.24, 2.45) is 5.92 Å². The molecule has 0 aliphatic rings. The van der Waals surface area contributed by atoms with Crippen molar-refractivity contribution in [1.82, 2.24) is 4.90 Å². The summed E-state index contributed by atoms with van der Waals surface area (Å²) in [7, 11) is 3.94. The molecule has 0 aliphatic carbocycles. The van der Waals surface area contributed by atoms with Crippen LogP contribution in [0, 0.1) is 5.92 Å². The van der Waals surface area contributed by atoms with Crippen LogP contribution >= 0.6 is 0 Å². The van der Waals surface area contributed by atoms with Gasteiger partial charge in [0.1, 0.15) is 6.61 Å². The molecule has 0 N–H and O–H groups in total. The second-order valence-electron chi connectivity index (χ2n) is 6.05. The second kappa shape index (κ2) is 9.11. The van der Waals surface area contributed by atoms with Crippen LogP contribution in [0.4, 0.5) is 0 Å². The highest BCUT2D eigenvalue weighted by Gasteiger charge is 2.21. The summed E-state index contributed by atoms with van der Waals surface area (Å²) in [4.78, 5) is 14.5. The molecule has 0 aromatic heterocycles. The minimum Gasteiger partial charge on any atom is -0.464 e. The van der Waals surface area contributed by atoms with Gasteiger partial charge in [-0.3, -0.25) is 4.79 Å². The molecule has 0 fully saturated rings.